The van der Waals surface area contributed by atoms with Crippen LogP contribution in [0, 0.1) is 0 Å². The summed E-state index contributed by atoms with van der Waals surface area (Å²) in [4.78, 5) is 50.1. The van der Waals surface area contributed by atoms with Gasteiger partial charge in [0.25, 0.3) is 0 Å². The Hall–Kier alpha value is -1.69. The number of amides is 3. The van der Waals surface area contributed by atoms with Gasteiger partial charge in [-0.1, -0.05) is 0 Å². The molecule has 0 saturated heterocycles. The Kier molecular flexibility index (Phi) is 12.9. The van der Waals surface area contributed by atoms with E-state index in [0.29, 0.717) is 0 Å². The molecule has 0 aromatic rings. The number of rotatable bonds is 9. The fourth-order valence-electron chi connectivity index (χ4n) is 1.57. The van der Waals surface area contributed by atoms with Crippen LogP contribution in [-0.2, 0) is 19.2 Å². The molecule has 0 aliphatic heterocycles. The first-order valence-corrected chi connectivity index (χ1v) is 8.01. The molecule has 5 atom stereocenters. The number of carboxylic acid groups (broad SMARTS) is 1. The van der Waals surface area contributed by atoms with Crippen molar-refractivity contribution in [2.45, 2.75) is 64.8 Å². The van der Waals surface area contributed by atoms with Gasteiger partial charge in [-0.15, -0.1) is 0 Å². The third-order valence-electron chi connectivity index (χ3n) is 3.32. The Morgan fingerprint density at radius 2 is 1.22 bits per heavy atom. The predicted molar refractivity (Wildman–Crippen MR) is 91.0 cm³/mol. The van der Waals surface area contributed by atoms with Gasteiger partial charge in [0.15, 0.2) is 0 Å². The summed E-state index contributed by atoms with van der Waals surface area (Å²) >= 11 is 0. The van der Waals surface area contributed by atoms with Gasteiger partial charge in [0.1, 0.15) is 24.2 Å². The quantitative estimate of drug-likeness (QED) is 0.146. The van der Waals surface area contributed by atoms with Crippen molar-refractivity contribution in [2.75, 3.05) is 0 Å². The number of nitrogens with one attached hydrogen (secondary N) is 3. The number of hydrogen-bond acceptors (Lipinski definition) is 7. The Morgan fingerprint density at radius 1 is 0.852 bits per heavy atom. The average Bonchev–Trinajstić information content (AvgIpc) is 2.53. The number of hydrogen-bond donors (Lipinski definition) is 5. The van der Waals surface area contributed by atoms with Crippen molar-refractivity contribution in [1.29, 1.82) is 0 Å². The van der Waals surface area contributed by atoms with Gasteiger partial charge in [-0.25, -0.2) is 0 Å². The molecule has 3 amide bonds. The summed E-state index contributed by atoms with van der Waals surface area (Å²) in [7, 11) is 0. The molecular formula is C15H26N5NaO6. The number of carbonyl (C=O) groups is 4. The molecule has 0 heterocycles. The van der Waals surface area contributed by atoms with Crippen LogP contribution in [0.2, 0.25) is 0 Å². The summed E-state index contributed by atoms with van der Waals surface area (Å²) in [6, 6.07) is -4.98. The Morgan fingerprint density at radius 3 is 1.59 bits per heavy atom. The number of nitrogens with two attached hydrogens (primary N) is 1. The summed E-state index contributed by atoms with van der Waals surface area (Å²) in [5, 5.41) is 27.1. The summed E-state index contributed by atoms with van der Waals surface area (Å²) in [5.41, 5.74) is 5.36. The summed E-state index contributed by atoms with van der Waals surface area (Å²) in [6.45, 7) is 6.85. The zero-order valence-corrected chi connectivity index (χ0v) is 18.4. The Balaban J connectivity index is 0. The van der Waals surface area contributed by atoms with Gasteiger partial charge in [-0.3, -0.25) is 24.2 Å². The molecular weight excluding hydrogens is 369 g/mol. The minimum Gasteiger partial charge on any atom is -0.861 e. The monoisotopic (exact) mass is 395 g/mol. The van der Waals surface area contributed by atoms with E-state index in [2.05, 4.69) is 20.9 Å². The molecule has 0 saturated carbocycles. The number of carbonyl (C=O) groups excluding carboxylic acids is 3. The maximum atomic E-state index is 12.0. The number of aliphatic carboxylic acids is 1. The molecule has 0 aromatic heterocycles. The second-order valence-corrected chi connectivity index (χ2v) is 5.96. The molecule has 6 N–H and O–H groups in total. The molecule has 0 aliphatic carbocycles. The van der Waals surface area contributed by atoms with Crippen LogP contribution in [0.1, 0.15) is 34.6 Å². The molecule has 0 rings (SSSR count). The topological polar surface area (TPSA) is 186 Å². The van der Waals surface area contributed by atoms with Gasteiger partial charge in [0.05, 0.1) is 0 Å². The van der Waals surface area contributed by atoms with Crippen molar-refractivity contribution in [1.82, 2.24) is 16.0 Å². The van der Waals surface area contributed by atoms with E-state index in [1.807, 2.05) is 0 Å². The molecule has 0 spiro atoms. The fraction of sp³-hybridized carbons (Fsp3) is 0.667. The number of nitrogens with zero attached hydrogens (tertiary/aromatic N) is 1. The van der Waals surface area contributed by atoms with Crippen LogP contribution < -0.4 is 56.3 Å². The molecule has 0 radical (unpaired) electrons. The van der Waals surface area contributed by atoms with Gasteiger partial charge >= 0.3 is 35.5 Å². The minimum absolute atomic E-state index is 0. The van der Waals surface area contributed by atoms with Crippen LogP contribution in [0.15, 0.2) is 4.99 Å². The van der Waals surface area contributed by atoms with E-state index in [1.54, 1.807) is 0 Å². The molecule has 27 heavy (non-hydrogen) atoms. The van der Waals surface area contributed by atoms with E-state index in [9.17, 15) is 24.3 Å². The zero-order valence-electron chi connectivity index (χ0n) is 16.4. The van der Waals surface area contributed by atoms with Gasteiger partial charge < -0.3 is 31.9 Å². The third kappa shape index (κ3) is 10.3. The van der Waals surface area contributed by atoms with E-state index in [4.69, 9.17) is 10.8 Å². The van der Waals surface area contributed by atoms with Crippen LogP contribution in [0.4, 0.5) is 0 Å². The third-order valence-corrected chi connectivity index (χ3v) is 3.32. The van der Waals surface area contributed by atoms with E-state index in [-0.39, 0.29) is 29.6 Å². The van der Waals surface area contributed by atoms with Crippen molar-refractivity contribution in [3.05, 3.63) is 0 Å². The van der Waals surface area contributed by atoms with Gasteiger partial charge in [0, 0.05) is 6.04 Å². The van der Waals surface area contributed by atoms with E-state index in [0.717, 1.165) is 0 Å². The zero-order chi connectivity index (χ0) is 20.6. The van der Waals surface area contributed by atoms with Gasteiger partial charge in [0.2, 0.25) is 17.7 Å². The van der Waals surface area contributed by atoms with E-state index < -0.39 is 59.8 Å². The van der Waals surface area contributed by atoms with E-state index in [1.165, 1.54) is 34.6 Å². The van der Waals surface area contributed by atoms with Crippen LogP contribution in [0.5, 0.6) is 0 Å². The first kappa shape index (κ1) is 27.5. The van der Waals surface area contributed by atoms with Crippen LogP contribution in [-0.4, -0.2) is 64.9 Å². The van der Waals surface area contributed by atoms with E-state index >= 15 is 0 Å². The van der Waals surface area contributed by atoms with Crippen molar-refractivity contribution in [2.24, 2.45) is 10.7 Å². The molecule has 0 bridgehead atoms. The smallest absolute Gasteiger partial charge is 0.861 e. The molecule has 0 aliphatic rings. The molecule has 12 heteroatoms. The summed E-state index contributed by atoms with van der Waals surface area (Å²) in [5.74, 6) is -3.84. The van der Waals surface area contributed by atoms with Crippen molar-refractivity contribution in [3.63, 3.8) is 0 Å². The van der Waals surface area contributed by atoms with Crippen molar-refractivity contribution >= 4 is 29.6 Å². The molecule has 148 valence electrons. The number of aliphatic imine (C=N–C) groups is 1. The number of carboxylic acids is 1. The average molecular weight is 395 g/mol. The van der Waals surface area contributed by atoms with Crippen LogP contribution >= 0.6 is 0 Å². The van der Waals surface area contributed by atoms with Gasteiger partial charge in [-0.2, -0.15) is 0 Å². The normalized spacial score (nSPS) is 16.6. The maximum absolute atomic E-state index is 12.0. The Labute approximate surface area is 179 Å². The minimum atomic E-state index is -1.21. The molecule has 0 aromatic carbocycles. The SMILES string of the molecule is C[C@H](N)C([O-])=N[C@@H](C)C(=O)N[C@@H](C)C(=O)N[C@@H](C)C(=O)N[C@@H](C)C(=O)O.[Na+]. The summed E-state index contributed by atoms with van der Waals surface area (Å²) in [6.07, 6.45) is 0. The second kappa shape index (κ2) is 12.7. The second-order valence-electron chi connectivity index (χ2n) is 5.96. The van der Waals surface area contributed by atoms with Gasteiger partial charge in [-0.05, 0) is 40.5 Å². The standard InChI is InChI=1S/C15H27N5O6.Na/c1-6(16)11(21)17-7(2)12(22)18-8(3)13(23)19-9(4)14(24)20-10(5)15(25)26;/h6-10H,16H2,1-5H3,(H,17,21)(H,18,22)(H,19,23)(H,20,24)(H,25,26);/q;+1/p-1/t6-,7-,8-,9-,10-;/m0./s1. The predicted octanol–water partition coefficient (Wildman–Crippen LogP) is -5.92. The first-order valence-electron chi connectivity index (χ1n) is 8.01. The maximum Gasteiger partial charge on any atom is 1.00 e. The fourth-order valence-corrected chi connectivity index (χ4v) is 1.57. The first-order chi connectivity index (χ1) is 11.9. The summed E-state index contributed by atoms with van der Waals surface area (Å²) < 4.78 is 0. The largest absolute Gasteiger partial charge is 1.00 e. The Bertz CT molecular complexity index is 583. The molecule has 11 nitrogen and oxygen atoms in total. The van der Waals surface area contributed by atoms with Crippen LogP contribution in [0.3, 0.4) is 0 Å². The van der Waals surface area contributed by atoms with Crippen molar-refractivity contribution in [3.8, 4) is 0 Å². The van der Waals surface area contributed by atoms with Crippen molar-refractivity contribution < 1.29 is 58.9 Å². The molecule has 0 fully saturated rings. The van der Waals surface area contributed by atoms with Crippen LogP contribution in [0.25, 0.3) is 0 Å². The molecule has 0 unspecified atom stereocenters.